The van der Waals surface area contributed by atoms with Crippen LogP contribution in [0.5, 0.6) is 0 Å². The highest BCUT2D eigenvalue weighted by Crippen LogP contribution is 2.22. The first kappa shape index (κ1) is 13.5. The molecule has 0 nitrogen and oxygen atoms in total. The summed E-state index contributed by atoms with van der Waals surface area (Å²) in [5.41, 5.74) is 0. The van der Waals surface area contributed by atoms with Crippen molar-refractivity contribution < 1.29 is 0 Å². The molecule has 80 valence electrons. The first-order valence-electron chi connectivity index (χ1n) is 5.74. The van der Waals surface area contributed by atoms with E-state index in [1.54, 1.807) is 0 Å². The van der Waals surface area contributed by atoms with Crippen molar-refractivity contribution in [2.75, 3.05) is 0 Å². The van der Waals surface area contributed by atoms with E-state index in [0.29, 0.717) is 0 Å². The summed E-state index contributed by atoms with van der Waals surface area (Å²) in [5, 5.41) is 0. The molecule has 0 aliphatic heterocycles. The topological polar surface area (TPSA) is 0 Å². The fraction of sp³-hybridized carbons (Fsp3) is 1.00. The molecule has 0 radical (unpaired) electrons. The second kappa shape index (κ2) is 7.84. The number of halogens is 1. The van der Waals surface area contributed by atoms with Gasteiger partial charge in [0.05, 0.1) is 0 Å². The van der Waals surface area contributed by atoms with Crippen molar-refractivity contribution in [3.63, 3.8) is 0 Å². The molecule has 0 aliphatic rings. The summed E-state index contributed by atoms with van der Waals surface area (Å²) in [4.78, 5) is 0.744. The summed E-state index contributed by atoms with van der Waals surface area (Å²) in [7, 11) is 0. The van der Waals surface area contributed by atoms with E-state index in [0.717, 1.165) is 16.7 Å². The first-order valence-corrected chi connectivity index (χ1v) is 6.65. The molecule has 0 saturated carbocycles. The SMILES string of the molecule is CCC(CC)CCC(Br)CC(C)C. The predicted molar refractivity (Wildman–Crippen MR) is 65.5 cm³/mol. The maximum absolute atomic E-state index is 3.77. The Morgan fingerprint density at radius 1 is 1.00 bits per heavy atom. The summed E-state index contributed by atoms with van der Waals surface area (Å²) < 4.78 is 0. The van der Waals surface area contributed by atoms with Gasteiger partial charge in [-0.05, 0) is 31.1 Å². The zero-order valence-electron chi connectivity index (χ0n) is 9.65. The van der Waals surface area contributed by atoms with Gasteiger partial charge in [-0.25, -0.2) is 0 Å². The highest BCUT2D eigenvalue weighted by atomic mass is 79.9. The van der Waals surface area contributed by atoms with Crippen LogP contribution in [0, 0.1) is 11.8 Å². The van der Waals surface area contributed by atoms with Gasteiger partial charge in [-0.2, -0.15) is 0 Å². The maximum atomic E-state index is 3.77. The smallest absolute Gasteiger partial charge is 0.0148 e. The normalized spacial score (nSPS) is 14.1. The number of alkyl halides is 1. The Kier molecular flexibility index (Phi) is 8.13. The summed E-state index contributed by atoms with van der Waals surface area (Å²) in [6.07, 6.45) is 6.76. The fourth-order valence-corrected chi connectivity index (χ4v) is 2.75. The van der Waals surface area contributed by atoms with Crippen molar-refractivity contribution in [2.24, 2.45) is 11.8 Å². The Bertz CT molecular complexity index is 106. The lowest BCUT2D eigenvalue weighted by molar-refractivity contribution is 0.424. The molecule has 0 saturated heterocycles. The molecule has 0 rings (SSSR count). The van der Waals surface area contributed by atoms with Gasteiger partial charge >= 0.3 is 0 Å². The highest BCUT2D eigenvalue weighted by molar-refractivity contribution is 9.09. The van der Waals surface area contributed by atoms with Gasteiger partial charge in [-0.15, -0.1) is 0 Å². The third-order valence-electron chi connectivity index (χ3n) is 2.77. The van der Waals surface area contributed by atoms with Crippen molar-refractivity contribution in [2.45, 2.75) is 64.6 Å². The van der Waals surface area contributed by atoms with Gasteiger partial charge < -0.3 is 0 Å². The van der Waals surface area contributed by atoms with Crippen LogP contribution in [0.25, 0.3) is 0 Å². The highest BCUT2D eigenvalue weighted by Gasteiger charge is 2.09. The molecule has 0 aromatic heterocycles. The Morgan fingerprint density at radius 3 is 1.92 bits per heavy atom. The minimum Gasteiger partial charge on any atom is -0.0891 e. The van der Waals surface area contributed by atoms with Crippen LogP contribution in [0.3, 0.4) is 0 Å². The van der Waals surface area contributed by atoms with Crippen LogP contribution >= 0.6 is 15.9 Å². The maximum Gasteiger partial charge on any atom is 0.0148 e. The molecule has 1 unspecified atom stereocenters. The molecule has 0 N–H and O–H groups in total. The van der Waals surface area contributed by atoms with Crippen LogP contribution in [-0.2, 0) is 0 Å². The van der Waals surface area contributed by atoms with E-state index in [2.05, 4.69) is 43.6 Å². The van der Waals surface area contributed by atoms with Crippen molar-refractivity contribution in [3.05, 3.63) is 0 Å². The largest absolute Gasteiger partial charge is 0.0891 e. The van der Waals surface area contributed by atoms with E-state index in [4.69, 9.17) is 0 Å². The average Bonchev–Trinajstić information content (AvgIpc) is 2.05. The van der Waals surface area contributed by atoms with Crippen LogP contribution in [-0.4, -0.2) is 4.83 Å². The van der Waals surface area contributed by atoms with E-state index < -0.39 is 0 Å². The molecule has 0 aromatic carbocycles. The molecular formula is C12H25Br. The van der Waals surface area contributed by atoms with E-state index in [-0.39, 0.29) is 0 Å². The minimum atomic E-state index is 0.744. The summed E-state index contributed by atoms with van der Waals surface area (Å²) in [6, 6.07) is 0. The quantitative estimate of drug-likeness (QED) is 0.556. The van der Waals surface area contributed by atoms with Crippen molar-refractivity contribution in [1.29, 1.82) is 0 Å². The Morgan fingerprint density at radius 2 is 1.54 bits per heavy atom. The Labute approximate surface area is 92.6 Å². The van der Waals surface area contributed by atoms with Gasteiger partial charge in [-0.3, -0.25) is 0 Å². The standard InChI is InChI=1S/C12H25Br/c1-5-11(6-2)7-8-12(13)9-10(3)4/h10-12H,5-9H2,1-4H3. The molecule has 0 amide bonds. The lowest BCUT2D eigenvalue weighted by atomic mass is 9.95. The van der Waals surface area contributed by atoms with Crippen LogP contribution < -0.4 is 0 Å². The molecule has 13 heavy (non-hydrogen) atoms. The van der Waals surface area contributed by atoms with Gasteiger partial charge in [0.1, 0.15) is 0 Å². The monoisotopic (exact) mass is 248 g/mol. The van der Waals surface area contributed by atoms with Crippen LogP contribution in [0.4, 0.5) is 0 Å². The van der Waals surface area contributed by atoms with Gasteiger partial charge in [0, 0.05) is 4.83 Å². The van der Waals surface area contributed by atoms with Gasteiger partial charge in [0.25, 0.3) is 0 Å². The summed E-state index contributed by atoms with van der Waals surface area (Å²) in [6.45, 7) is 9.20. The van der Waals surface area contributed by atoms with Crippen molar-refractivity contribution >= 4 is 15.9 Å². The third-order valence-corrected chi connectivity index (χ3v) is 3.60. The second-order valence-electron chi connectivity index (χ2n) is 4.49. The summed E-state index contributed by atoms with van der Waals surface area (Å²) >= 11 is 3.77. The number of rotatable bonds is 7. The first-order chi connectivity index (χ1) is 6.10. The van der Waals surface area contributed by atoms with Crippen LogP contribution in [0.1, 0.15) is 59.8 Å². The van der Waals surface area contributed by atoms with E-state index >= 15 is 0 Å². The average molecular weight is 249 g/mol. The molecule has 1 atom stereocenters. The number of hydrogen-bond acceptors (Lipinski definition) is 0. The zero-order chi connectivity index (χ0) is 10.3. The molecule has 0 fully saturated rings. The molecule has 0 aromatic rings. The van der Waals surface area contributed by atoms with Gasteiger partial charge in [0.2, 0.25) is 0 Å². The molecular weight excluding hydrogens is 224 g/mol. The minimum absolute atomic E-state index is 0.744. The molecule has 0 aliphatic carbocycles. The van der Waals surface area contributed by atoms with E-state index in [1.807, 2.05) is 0 Å². The zero-order valence-corrected chi connectivity index (χ0v) is 11.2. The Balaban J connectivity index is 3.49. The van der Waals surface area contributed by atoms with E-state index in [9.17, 15) is 0 Å². The Hall–Kier alpha value is 0.480. The third kappa shape index (κ3) is 7.54. The fourth-order valence-electron chi connectivity index (χ4n) is 1.74. The molecule has 0 heterocycles. The lowest BCUT2D eigenvalue weighted by Crippen LogP contribution is -2.06. The second-order valence-corrected chi connectivity index (χ2v) is 5.78. The van der Waals surface area contributed by atoms with Crippen LogP contribution in [0.2, 0.25) is 0 Å². The summed E-state index contributed by atoms with van der Waals surface area (Å²) in [5.74, 6) is 1.78. The van der Waals surface area contributed by atoms with Crippen molar-refractivity contribution in [3.8, 4) is 0 Å². The van der Waals surface area contributed by atoms with Crippen LogP contribution in [0.15, 0.2) is 0 Å². The molecule has 1 heteroatoms. The van der Waals surface area contributed by atoms with Crippen molar-refractivity contribution in [1.82, 2.24) is 0 Å². The molecule has 0 spiro atoms. The number of hydrogen-bond donors (Lipinski definition) is 0. The van der Waals surface area contributed by atoms with E-state index in [1.165, 1.54) is 32.1 Å². The molecule has 0 bridgehead atoms. The van der Waals surface area contributed by atoms with Gasteiger partial charge in [-0.1, -0.05) is 56.5 Å². The predicted octanol–water partition coefficient (Wildman–Crippen LogP) is 5.01. The lowest BCUT2D eigenvalue weighted by Gasteiger charge is -2.16. The van der Waals surface area contributed by atoms with Gasteiger partial charge in [0.15, 0.2) is 0 Å².